The van der Waals surface area contributed by atoms with E-state index in [0.29, 0.717) is 5.75 Å². The summed E-state index contributed by atoms with van der Waals surface area (Å²) in [5.74, 6) is 0.781. The van der Waals surface area contributed by atoms with Crippen molar-refractivity contribution in [1.82, 2.24) is 5.32 Å². The van der Waals surface area contributed by atoms with Gasteiger partial charge in [0.2, 0.25) is 0 Å². The summed E-state index contributed by atoms with van der Waals surface area (Å²) in [5, 5.41) is 3.18. The number of nitrogens with one attached hydrogen (secondary N) is 1. The average molecular weight is 189 g/mol. The molecule has 0 saturated carbocycles. The lowest BCUT2D eigenvalue weighted by Crippen LogP contribution is -2.37. The fraction of sp³-hybridized carbons (Fsp3) is 0.889. The van der Waals surface area contributed by atoms with Gasteiger partial charge in [-0.2, -0.15) is 12.6 Å². The van der Waals surface area contributed by atoms with E-state index in [1.54, 1.807) is 6.92 Å². The Hall–Kier alpha value is -0.0200. The van der Waals surface area contributed by atoms with Crippen LogP contribution in [0.25, 0.3) is 0 Å². The highest BCUT2D eigenvalue weighted by Gasteiger charge is 2.09. The van der Waals surface area contributed by atoms with E-state index in [1.165, 1.54) is 12.8 Å². The summed E-state index contributed by atoms with van der Waals surface area (Å²) in [6, 6.07) is -0.0508. The molecule has 0 amide bonds. The molecule has 0 radical (unpaired) electrons. The molecule has 72 valence electrons. The highest BCUT2D eigenvalue weighted by molar-refractivity contribution is 7.80. The summed E-state index contributed by atoms with van der Waals surface area (Å²) in [4.78, 5) is 10.9. The third-order valence-corrected chi connectivity index (χ3v) is 2.21. The quantitative estimate of drug-likeness (QED) is 0.471. The maximum Gasteiger partial charge on any atom is 0.147 e. The number of rotatable bonds is 7. The van der Waals surface area contributed by atoms with Crippen LogP contribution in [0.15, 0.2) is 0 Å². The Labute approximate surface area is 80.5 Å². The lowest BCUT2D eigenvalue weighted by molar-refractivity contribution is -0.118. The molecule has 0 bridgehead atoms. The SMILES string of the molecule is CCCCCN[C@@H](CS)C(C)=O. The Balaban J connectivity index is 3.38. The van der Waals surface area contributed by atoms with E-state index in [2.05, 4.69) is 24.9 Å². The third kappa shape index (κ3) is 5.61. The smallest absolute Gasteiger partial charge is 0.147 e. The van der Waals surface area contributed by atoms with E-state index < -0.39 is 0 Å². The van der Waals surface area contributed by atoms with Crippen LogP contribution in [0.3, 0.4) is 0 Å². The number of Topliss-reactive ketones (excluding diaryl/α,β-unsaturated/α-hetero) is 1. The molecule has 12 heavy (non-hydrogen) atoms. The number of thiol groups is 1. The first-order valence-electron chi connectivity index (χ1n) is 4.57. The molecule has 0 heterocycles. The molecular formula is C9H19NOS. The van der Waals surface area contributed by atoms with Crippen LogP contribution in [0.4, 0.5) is 0 Å². The van der Waals surface area contributed by atoms with Gasteiger partial charge in [0.25, 0.3) is 0 Å². The zero-order valence-corrected chi connectivity index (χ0v) is 8.86. The molecule has 0 fully saturated rings. The van der Waals surface area contributed by atoms with E-state index >= 15 is 0 Å². The zero-order valence-electron chi connectivity index (χ0n) is 7.97. The standard InChI is InChI=1S/C9H19NOS/c1-3-4-5-6-10-9(7-12)8(2)11/h9-10,12H,3-7H2,1-2H3/t9-/m0/s1. The van der Waals surface area contributed by atoms with Gasteiger partial charge in [0.05, 0.1) is 6.04 Å². The molecule has 0 aromatic heterocycles. The molecule has 0 unspecified atom stereocenters. The molecule has 0 spiro atoms. The maximum atomic E-state index is 10.9. The monoisotopic (exact) mass is 189 g/mol. The fourth-order valence-corrected chi connectivity index (χ4v) is 1.37. The number of carbonyl (C=O) groups excluding carboxylic acids is 1. The molecule has 3 heteroatoms. The minimum atomic E-state index is -0.0508. The minimum Gasteiger partial charge on any atom is -0.307 e. The van der Waals surface area contributed by atoms with E-state index in [4.69, 9.17) is 0 Å². The molecule has 0 saturated heterocycles. The van der Waals surface area contributed by atoms with Crippen molar-refractivity contribution in [2.24, 2.45) is 0 Å². The zero-order chi connectivity index (χ0) is 9.40. The van der Waals surface area contributed by atoms with Crippen molar-refractivity contribution in [2.45, 2.75) is 39.2 Å². The van der Waals surface area contributed by atoms with Crippen molar-refractivity contribution in [3.63, 3.8) is 0 Å². The van der Waals surface area contributed by atoms with Crippen LogP contribution >= 0.6 is 12.6 Å². The van der Waals surface area contributed by atoms with Crippen LogP contribution in [-0.2, 0) is 4.79 Å². The highest BCUT2D eigenvalue weighted by Crippen LogP contribution is 1.94. The number of unbranched alkanes of at least 4 members (excludes halogenated alkanes) is 2. The number of ketones is 1. The molecule has 0 aromatic carbocycles. The Bertz CT molecular complexity index is 128. The largest absolute Gasteiger partial charge is 0.307 e. The molecule has 0 rings (SSSR count). The molecule has 1 N–H and O–H groups in total. The number of carbonyl (C=O) groups is 1. The molecule has 2 nitrogen and oxygen atoms in total. The molecular weight excluding hydrogens is 170 g/mol. The van der Waals surface area contributed by atoms with E-state index in [9.17, 15) is 4.79 Å². The predicted octanol–water partition coefficient (Wildman–Crippen LogP) is 1.65. The van der Waals surface area contributed by atoms with Crippen molar-refractivity contribution in [1.29, 1.82) is 0 Å². The topological polar surface area (TPSA) is 29.1 Å². The molecule has 1 atom stereocenters. The molecule has 0 aliphatic rings. The van der Waals surface area contributed by atoms with Crippen LogP contribution in [-0.4, -0.2) is 24.1 Å². The van der Waals surface area contributed by atoms with Gasteiger partial charge in [0, 0.05) is 5.75 Å². The molecule has 0 aromatic rings. The van der Waals surface area contributed by atoms with Gasteiger partial charge in [-0.15, -0.1) is 0 Å². The average Bonchev–Trinajstić information content (AvgIpc) is 2.04. The first kappa shape index (κ1) is 12.0. The number of hydrogen-bond donors (Lipinski definition) is 2. The normalized spacial score (nSPS) is 12.9. The van der Waals surface area contributed by atoms with Crippen LogP contribution in [0.1, 0.15) is 33.1 Å². The number of hydrogen-bond acceptors (Lipinski definition) is 3. The van der Waals surface area contributed by atoms with Crippen LogP contribution in [0.2, 0.25) is 0 Å². The Morgan fingerprint density at radius 1 is 1.50 bits per heavy atom. The summed E-state index contributed by atoms with van der Waals surface area (Å²) < 4.78 is 0. The minimum absolute atomic E-state index is 0.0508. The second kappa shape index (κ2) is 7.62. The second-order valence-electron chi connectivity index (χ2n) is 3.01. The summed E-state index contributed by atoms with van der Waals surface area (Å²) in [6.07, 6.45) is 3.59. The van der Waals surface area contributed by atoms with Crippen LogP contribution < -0.4 is 5.32 Å². The fourth-order valence-electron chi connectivity index (χ4n) is 0.988. The van der Waals surface area contributed by atoms with Crippen molar-refractivity contribution in [2.75, 3.05) is 12.3 Å². The summed E-state index contributed by atoms with van der Waals surface area (Å²) in [7, 11) is 0. The predicted molar refractivity (Wildman–Crippen MR) is 55.8 cm³/mol. The van der Waals surface area contributed by atoms with Gasteiger partial charge < -0.3 is 5.32 Å². The molecule has 0 aliphatic heterocycles. The first-order chi connectivity index (χ1) is 5.72. The van der Waals surface area contributed by atoms with Crippen molar-refractivity contribution in [3.8, 4) is 0 Å². The Morgan fingerprint density at radius 3 is 2.58 bits per heavy atom. The van der Waals surface area contributed by atoms with Gasteiger partial charge in [0.1, 0.15) is 5.78 Å². The van der Waals surface area contributed by atoms with Crippen molar-refractivity contribution >= 4 is 18.4 Å². The first-order valence-corrected chi connectivity index (χ1v) is 5.20. The lowest BCUT2D eigenvalue weighted by atomic mass is 10.2. The van der Waals surface area contributed by atoms with Gasteiger partial charge in [-0.1, -0.05) is 19.8 Å². The van der Waals surface area contributed by atoms with Crippen LogP contribution in [0, 0.1) is 0 Å². The van der Waals surface area contributed by atoms with Gasteiger partial charge in [-0.05, 0) is 19.9 Å². The Morgan fingerprint density at radius 2 is 2.17 bits per heavy atom. The summed E-state index contributed by atoms with van der Waals surface area (Å²) >= 11 is 4.10. The summed E-state index contributed by atoms with van der Waals surface area (Å²) in [5.41, 5.74) is 0. The van der Waals surface area contributed by atoms with Gasteiger partial charge in [-0.25, -0.2) is 0 Å². The van der Waals surface area contributed by atoms with Crippen LogP contribution in [0.5, 0.6) is 0 Å². The second-order valence-corrected chi connectivity index (χ2v) is 3.37. The van der Waals surface area contributed by atoms with E-state index in [1.807, 2.05) is 0 Å². The van der Waals surface area contributed by atoms with Gasteiger partial charge >= 0.3 is 0 Å². The highest BCUT2D eigenvalue weighted by atomic mass is 32.1. The maximum absolute atomic E-state index is 10.9. The van der Waals surface area contributed by atoms with Crippen molar-refractivity contribution in [3.05, 3.63) is 0 Å². The lowest BCUT2D eigenvalue weighted by Gasteiger charge is -2.12. The van der Waals surface area contributed by atoms with Crippen molar-refractivity contribution < 1.29 is 4.79 Å². The Kier molecular flexibility index (Phi) is 7.61. The summed E-state index contributed by atoms with van der Waals surface area (Å²) in [6.45, 7) is 4.70. The third-order valence-electron chi connectivity index (χ3n) is 1.84. The van der Waals surface area contributed by atoms with E-state index in [0.717, 1.165) is 13.0 Å². The molecule has 0 aliphatic carbocycles. The van der Waals surface area contributed by atoms with Gasteiger partial charge in [0.15, 0.2) is 0 Å². The van der Waals surface area contributed by atoms with Gasteiger partial charge in [-0.3, -0.25) is 4.79 Å². The van der Waals surface area contributed by atoms with E-state index in [-0.39, 0.29) is 11.8 Å².